The number of hydrogen-bond donors (Lipinski definition) is 2. The number of carboxylic acid groups (broad SMARTS) is 1. The van der Waals surface area contributed by atoms with Crippen molar-refractivity contribution in [2.75, 3.05) is 13.1 Å². The Morgan fingerprint density at radius 1 is 1.90 bits per heavy atom. The summed E-state index contributed by atoms with van der Waals surface area (Å²) in [6.07, 6.45) is 4.93. The predicted molar refractivity (Wildman–Crippen MR) is 38.5 cm³/mol. The Labute approximate surface area is 60.4 Å². The molecule has 0 radical (unpaired) electrons. The molecule has 0 aliphatic carbocycles. The first-order chi connectivity index (χ1) is 4.68. The Hall–Kier alpha value is -1.01. The second kappa shape index (κ2) is 4.83. The normalized spacial score (nSPS) is 12.0. The summed E-state index contributed by atoms with van der Waals surface area (Å²) in [5.41, 5.74) is 0. The molecule has 10 heavy (non-hydrogen) atoms. The van der Waals surface area contributed by atoms with E-state index in [4.69, 9.17) is 11.5 Å². The molecular weight excluding hydrogens is 130 g/mol. The van der Waals surface area contributed by atoms with Gasteiger partial charge >= 0.3 is 5.97 Å². The van der Waals surface area contributed by atoms with E-state index >= 15 is 0 Å². The summed E-state index contributed by atoms with van der Waals surface area (Å²) < 4.78 is 0. The highest BCUT2D eigenvalue weighted by atomic mass is 16.4. The smallest absolute Gasteiger partial charge is 0.307 e. The lowest BCUT2D eigenvalue weighted by atomic mass is 10.2. The summed E-state index contributed by atoms with van der Waals surface area (Å²) >= 11 is 0. The van der Waals surface area contributed by atoms with Gasteiger partial charge in [0.25, 0.3) is 0 Å². The Balaban J connectivity index is 3.32. The van der Waals surface area contributed by atoms with Gasteiger partial charge in [0.2, 0.25) is 0 Å². The molecule has 3 nitrogen and oxygen atoms in total. The summed E-state index contributed by atoms with van der Waals surface area (Å²) in [7, 11) is 0. The average Bonchev–Trinajstić information content (AvgIpc) is 1.88. The molecule has 56 valence electrons. The van der Waals surface area contributed by atoms with Gasteiger partial charge in [0, 0.05) is 6.54 Å². The predicted octanol–water partition coefficient (Wildman–Crippen LogP) is -0.0701. The Kier molecular flexibility index (Phi) is 4.34. The monoisotopic (exact) mass is 141 g/mol. The highest BCUT2D eigenvalue weighted by Crippen LogP contribution is 1.89. The lowest BCUT2D eigenvalue weighted by Gasteiger charge is -2.04. The molecule has 0 rings (SSSR count). The molecule has 1 unspecified atom stereocenters. The number of rotatable bonds is 4. The number of aliphatic carboxylic acids is 1. The van der Waals surface area contributed by atoms with Gasteiger partial charge in [-0.15, -0.1) is 6.42 Å². The van der Waals surface area contributed by atoms with Crippen LogP contribution in [0.25, 0.3) is 0 Å². The molecule has 1 atom stereocenters. The van der Waals surface area contributed by atoms with E-state index in [1.807, 2.05) is 0 Å². The average molecular weight is 141 g/mol. The zero-order valence-electron chi connectivity index (χ0n) is 5.92. The van der Waals surface area contributed by atoms with Gasteiger partial charge in [-0.25, -0.2) is 0 Å². The molecule has 2 N–H and O–H groups in total. The van der Waals surface area contributed by atoms with E-state index in [0.717, 1.165) is 0 Å². The maximum Gasteiger partial charge on any atom is 0.307 e. The van der Waals surface area contributed by atoms with Crippen molar-refractivity contribution >= 4 is 5.97 Å². The third-order valence-corrected chi connectivity index (χ3v) is 1.10. The minimum atomic E-state index is -0.801. The summed E-state index contributed by atoms with van der Waals surface area (Å²) in [6, 6.07) is 0. The van der Waals surface area contributed by atoms with Crippen molar-refractivity contribution in [1.29, 1.82) is 0 Å². The highest BCUT2D eigenvalue weighted by Gasteiger charge is 2.08. The third-order valence-electron chi connectivity index (χ3n) is 1.10. The fraction of sp³-hybridized carbons (Fsp3) is 0.571. The van der Waals surface area contributed by atoms with Gasteiger partial charge in [-0.2, -0.15) is 0 Å². The van der Waals surface area contributed by atoms with Crippen LogP contribution >= 0.6 is 0 Å². The van der Waals surface area contributed by atoms with E-state index in [1.165, 1.54) is 0 Å². The molecule has 0 aliphatic heterocycles. The Morgan fingerprint density at radius 3 is 2.90 bits per heavy atom. The van der Waals surface area contributed by atoms with Crippen LogP contribution in [0, 0.1) is 18.3 Å². The first-order valence-electron chi connectivity index (χ1n) is 3.05. The van der Waals surface area contributed by atoms with E-state index in [0.29, 0.717) is 13.1 Å². The molecule has 0 amide bonds. The molecule has 0 bridgehead atoms. The van der Waals surface area contributed by atoms with Gasteiger partial charge < -0.3 is 10.4 Å². The molecule has 0 saturated carbocycles. The van der Waals surface area contributed by atoms with Crippen LogP contribution in [0.15, 0.2) is 0 Å². The summed E-state index contributed by atoms with van der Waals surface area (Å²) in [5.74, 6) is 1.19. The van der Waals surface area contributed by atoms with Gasteiger partial charge in [0.1, 0.15) is 0 Å². The molecular formula is C7H11NO2. The van der Waals surface area contributed by atoms with Crippen LogP contribution in [0.4, 0.5) is 0 Å². The zero-order chi connectivity index (χ0) is 7.98. The van der Waals surface area contributed by atoms with Crippen molar-refractivity contribution in [3.63, 3.8) is 0 Å². The van der Waals surface area contributed by atoms with Crippen LogP contribution in [-0.4, -0.2) is 24.2 Å². The van der Waals surface area contributed by atoms with Gasteiger partial charge in [-0.3, -0.25) is 4.79 Å². The van der Waals surface area contributed by atoms with Crippen molar-refractivity contribution in [2.24, 2.45) is 5.92 Å². The standard InChI is InChI=1S/C7H11NO2/c1-3-4-8-5-6(2)7(9)10/h1,6,8H,4-5H2,2H3,(H,9,10). The van der Waals surface area contributed by atoms with Crippen molar-refractivity contribution in [3.05, 3.63) is 0 Å². The molecule has 0 aromatic rings. The van der Waals surface area contributed by atoms with Gasteiger partial charge in [-0.1, -0.05) is 12.8 Å². The van der Waals surface area contributed by atoms with Crippen LogP contribution in [0.2, 0.25) is 0 Å². The maximum atomic E-state index is 10.2. The fourth-order valence-corrected chi connectivity index (χ4v) is 0.448. The number of carboxylic acids is 1. The van der Waals surface area contributed by atoms with E-state index in [2.05, 4.69) is 11.2 Å². The van der Waals surface area contributed by atoms with Gasteiger partial charge in [0.15, 0.2) is 0 Å². The fourth-order valence-electron chi connectivity index (χ4n) is 0.448. The summed E-state index contributed by atoms with van der Waals surface area (Å²) in [6.45, 7) is 2.49. The lowest BCUT2D eigenvalue weighted by molar-refractivity contribution is -0.140. The van der Waals surface area contributed by atoms with E-state index in [9.17, 15) is 4.79 Å². The number of nitrogens with one attached hydrogen (secondary N) is 1. The molecule has 0 aliphatic rings. The SMILES string of the molecule is C#CCNCC(C)C(=O)O. The van der Waals surface area contributed by atoms with Crippen molar-refractivity contribution in [1.82, 2.24) is 5.32 Å². The van der Waals surface area contributed by atoms with Crippen LogP contribution < -0.4 is 5.32 Å². The number of carbonyl (C=O) groups is 1. The second-order valence-corrected chi connectivity index (χ2v) is 2.07. The Bertz CT molecular complexity index is 148. The molecule has 0 spiro atoms. The minimum Gasteiger partial charge on any atom is -0.481 e. The molecule has 3 heteroatoms. The molecule has 0 aromatic heterocycles. The van der Waals surface area contributed by atoms with E-state index < -0.39 is 5.97 Å². The summed E-state index contributed by atoms with van der Waals surface area (Å²) in [5, 5.41) is 11.2. The molecule has 0 heterocycles. The second-order valence-electron chi connectivity index (χ2n) is 2.07. The summed E-state index contributed by atoms with van der Waals surface area (Å²) in [4.78, 5) is 10.2. The Morgan fingerprint density at radius 2 is 2.50 bits per heavy atom. The quantitative estimate of drug-likeness (QED) is 0.425. The van der Waals surface area contributed by atoms with E-state index in [-0.39, 0.29) is 5.92 Å². The van der Waals surface area contributed by atoms with Crippen LogP contribution in [0.1, 0.15) is 6.92 Å². The highest BCUT2D eigenvalue weighted by molar-refractivity contribution is 5.69. The van der Waals surface area contributed by atoms with E-state index in [1.54, 1.807) is 6.92 Å². The van der Waals surface area contributed by atoms with Crippen LogP contribution in [-0.2, 0) is 4.79 Å². The maximum absolute atomic E-state index is 10.2. The number of hydrogen-bond acceptors (Lipinski definition) is 2. The molecule has 0 aromatic carbocycles. The molecule has 0 fully saturated rings. The first kappa shape index (κ1) is 8.99. The molecule has 0 saturated heterocycles. The van der Waals surface area contributed by atoms with Crippen molar-refractivity contribution in [3.8, 4) is 12.3 Å². The number of terminal acetylenes is 1. The van der Waals surface area contributed by atoms with Crippen LogP contribution in [0.5, 0.6) is 0 Å². The minimum absolute atomic E-state index is 0.367. The largest absolute Gasteiger partial charge is 0.481 e. The van der Waals surface area contributed by atoms with Crippen molar-refractivity contribution in [2.45, 2.75) is 6.92 Å². The van der Waals surface area contributed by atoms with Gasteiger partial charge in [0.05, 0.1) is 12.5 Å². The zero-order valence-corrected chi connectivity index (χ0v) is 5.92. The van der Waals surface area contributed by atoms with Crippen molar-refractivity contribution < 1.29 is 9.90 Å². The first-order valence-corrected chi connectivity index (χ1v) is 3.05. The van der Waals surface area contributed by atoms with Crippen LogP contribution in [0.3, 0.4) is 0 Å². The third kappa shape index (κ3) is 3.93. The lowest BCUT2D eigenvalue weighted by Crippen LogP contribution is -2.26. The van der Waals surface area contributed by atoms with Gasteiger partial charge in [-0.05, 0) is 0 Å². The topological polar surface area (TPSA) is 49.3 Å².